The Morgan fingerprint density at radius 1 is 1.69 bits per heavy atom. The molecule has 0 aliphatic heterocycles. The molecule has 1 aromatic heterocycles. The van der Waals surface area contributed by atoms with E-state index in [1.807, 2.05) is 12.3 Å². The average molecular weight is 243 g/mol. The van der Waals surface area contributed by atoms with Crippen LogP contribution in [0.25, 0.3) is 0 Å². The van der Waals surface area contributed by atoms with E-state index in [1.165, 1.54) is 0 Å². The summed E-state index contributed by atoms with van der Waals surface area (Å²) in [5.41, 5.74) is 3.44. The lowest BCUT2D eigenvalue weighted by molar-refractivity contribution is 0.203. The summed E-state index contributed by atoms with van der Waals surface area (Å²) in [6.07, 6.45) is 0. The van der Waals surface area contributed by atoms with Crippen LogP contribution in [0.3, 0.4) is 0 Å². The molecule has 0 amide bonds. The van der Waals surface area contributed by atoms with Gasteiger partial charge in [0.15, 0.2) is 0 Å². The molecule has 4 N–H and O–H groups in total. The topological polar surface area (TPSA) is 84.6 Å². The summed E-state index contributed by atoms with van der Waals surface area (Å²) in [7, 11) is 1.65. The number of aromatic nitrogens is 1. The van der Waals surface area contributed by atoms with Crippen molar-refractivity contribution in [3.8, 4) is 0 Å². The molecule has 0 bridgehead atoms. The summed E-state index contributed by atoms with van der Waals surface area (Å²) in [6.45, 7) is 3.76. The van der Waals surface area contributed by atoms with Gasteiger partial charge in [-0.15, -0.1) is 11.3 Å². The number of aliphatic imine (C=N–C) groups is 1. The fourth-order valence-electron chi connectivity index (χ4n) is 1.06. The maximum atomic E-state index is 5.32. The lowest BCUT2D eigenvalue weighted by Crippen LogP contribution is -2.42. The van der Waals surface area contributed by atoms with Gasteiger partial charge >= 0.3 is 0 Å². The average Bonchev–Trinajstić information content (AvgIpc) is 2.69. The molecule has 90 valence electrons. The Morgan fingerprint density at radius 2 is 2.50 bits per heavy atom. The third-order valence-electron chi connectivity index (χ3n) is 1.80. The van der Waals surface area contributed by atoms with E-state index in [-0.39, 0.29) is 0 Å². The van der Waals surface area contributed by atoms with Crippen molar-refractivity contribution in [2.45, 2.75) is 13.5 Å². The minimum atomic E-state index is 0.518. The third-order valence-corrected chi connectivity index (χ3v) is 2.62. The fraction of sp³-hybridized carbons (Fsp3) is 0.556. The number of thiazole rings is 1. The van der Waals surface area contributed by atoms with Crippen molar-refractivity contribution in [3.63, 3.8) is 0 Å². The van der Waals surface area contributed by atoms with E-state index in [9.17, 15) is 0 Å². The first-order valence-corrected chi connectivity index (χ1v) is 5.79. The van der Waals surface area contributed by atoms with Gasteiger partial charge in [-0.05, 0) is 6.92 Å². The molecular weight excluding hydrogens is 226 g/mol. The summed E-state index contributed by atoms with van der Waals surface area (Å²) in [4.78, 5) is 8.56. The van der Waals surface area contributed by atoms with Crippen molar-refractivity contribution in [1.82, 2.24) is 15.7 Å². The second kappa shape index (κ2) is 7.15. The van der Waals surface area contributed by atoms with Crippen LogP contribution in [-0.4, -0.2) is 31.2 Å². The maximum absolute atomic E-state index is 5.32. The number of hydrogen-bond donors (Lipinski definition) is 3. The number of methoxy groups -OCH3 is 1. The molecule has 0 atom stereocenters. The number of nitrogens with two attached hydrogens (primary N) is 1. The van der Waals surface area contributed by atoms with Crippen LogP contribution >= 0.6 is 11.3 Å². The molecule has 0 spiro atoms. The highest BCUT2D eigenvalue weighted by atomic mass is 32.1. The van der Waals surface area contributed by atoms with Crippen molar-refractivity contribution in [2.75, 3.05) is 20.3 Å². The van der Waals surface area contributed by atoms with E-state index in [0.29, 0.717) is 25.7 Å². The predicted octanol–water partition coefficient (Wildman–Crippen LogP) is 0.00682. The Bertz CT molecular complexity index is 338. The maximum Gasteiger partial charge on any atom is 0.206 e. The molecule has 6 nitrogen and oxygen atoms in total. The van der Waals surface area contributed by atoms with Gasteiger partial charge in [0.2, 0.25) is 5.96 Å². The van der Waals surface area contributed by atoms with Gasteiger partial charge in [-0.3, -0.25) is 5.43 Å². The Hall–Kier alpha value is -1.18. The number of hydrazine groups is 1. The number of guanidine groups is 1. The Kier molecular flexibility index (Phi) is 5.76. The number of rotatable bonds is 5. The number of aryl methyl sites for hydroxylation is 1. The van der Waals surface area contributed by atoms with Crippen LogP contribution in [0.4, 0.5) is 0 Å². The number of nitrogens with one attached hydrogen (secondary N) is 2. The van der Waals surface area contributed by atoms with E-state index in [0.717, 1.165) is 10.7 Å². The monoisotopic (exact) mass is 243 g/mol. The summed E-state index contributed by atoms with van der Waals surface area (Å²) in [5, 5.41) is 6.04. The molecular formula is C9H17N5OS. The van der Waals surface area contributed by atoms with Gasteiger partial charge in [0.1, 0.15) is 0 Å². The zero-order chi connectivity index (χ0) is 11.8. The van der Waals surface area contributed by atoms with Gasteiger partial charge in [0, 0.05) is 19.0 Å². The van der Waals surface area contributed by atoms with Gasteiger partial charge in [0.25, 0.3) is 0 Å². The Labute approximate surface area is 98.9 Å². The molecule has 7 heteroatoms. The summed E-state index contributed by atoms with van der Waals surface area (Å²) in [6, 6.07) is 0. The van der Waals surface area contributed by atoms with Crippen molar-refractivity contribution in [3.05, 3.63) is 16.1 Å². The van der Waals surface area contributed by atoms with Gasteiger partial charge in [0.05, 0.1) is 23.9 Å². The number of ether oxygens (including phenoxy) is 1. The molecule has 0 unspecified atom stereocenters. The van der Waals surface area contributed by atoms with E-state index >= 15 is 0 Å². The molecule has 0 saturated carbocycles. The van der Waals surface area contributed by atoms with E-state index in [2.05, 4.69) is 20.7 Å². The molecule has 0 fully saturated rings. The van der Waals surface area contributed by atoms with Gasteiger partial charge in [-0.2, -0.15) is 0 Å². The molecule has 1 rings (SSSR count). The first kappa shape index (κ1) is 12.9. The normalized spacial score (nSPS) is 11.6. The highest BCUT2D eigenvalue weighted by Crippen LogP contribution is 2.08. The van der Waals surface area contributed by atoms with Crippen molar-refractivity contribution < 1.29 is 4.74 Å². The lowest BCUT2D eigenvalue weighted by atomic mass is 10.5. The largest absolute Gasteiger partial charge is 0.383 e. The molecule has 0 aliphatic carbocycles. The summed E-state index contributed by atoms with van der Waals surface area (Å²) in [5.74, 6) is 5.87. The quantitative estimate of drug-likeness (QED) is 0.223. The SMILES string of the molecule is COCCNC(=NCc1csc(C)n1)NN. The van der Waals surface area contributed by atoms with Crippen LogP contribution in [0.1, 0.15) is 10.7 Å². The molecule has 16 heavy (non-hydrogen) atoms. The Balaban J connectivity index is 2.40. The van der Waals surface area contributed by atoms with Crippen LogP contribution < -0.4 is 16.6 Å². The first-order chi connectivity index (χ1) is 7.76. The molecule has 0 aliphatic rings. The molecule has 1 aromatic rings. The predicted molar refractivity (Wildman–Crippen MR) is 65.2 cm³/mol. The Morgan fingerprint density at radius 3 is 3.06 bits per heavy atom. The van der Waals surface area contributed by atoms with Gasteiger partial charge in [-0.25, -0.2) is 15.8 Å². The minimum absolute atomic E-state index is 0.518. The molecule has 1 heterocycles. The van der Waals surface area contributed by atoms with Crippen LogP contribution in [-0.2, 0) is 11.3 Å². The fourth-order valence-corrected chi connectivity index (χ4v) is 1.67. The smallest absolute Gasteiger partial charge is 0.206 e. The van der Waals surface area contributed by atoms with Crippen LogP contribution in [0, 0.1) is 6.92 Å². The second-order valence-electron chi connectivity index (χ2n) is 3.09. The van der Waals surface area contributed by atoms with Crippen LogP contribution in [0.2, 0.25) is 0 Å². The zero-order valence-corrected chi connectivity index (χ0v) is 10.3. The van der Waals surface area contributed by atoms with E-state index in [4.69, 9.17) is 10.6 Å². The highest BCUT2D eigenvalue weighted by molar-refractivity contribution is 7.09. The molecule has 0 radical (unpaired) electrons. The summed E-state index contributed by atoms with van der Waals surface area (Å²) < 4.78 is 4.91. The highest BCUT2D eigenvalue weighted by Gasteiger charge is 1.98. The van der Waals surface area contributed by atoms with Gasteiger partial charge < -0.3 is 10.1 Å². The van der Waals surface area contributed by atoms with Crippen molar-refractivity contribution in [2.24, 2.45) is 10.8 Å². The standard InChI is InChI=1S/C9H17N5OS/c1-7-13-8(6-16-7)5-12-9(14-10)11-3-4-15-2/h6H,3-5,10H2,1-2H3,(H2,11,12,14). The number of hydrogen-bond acceptors (Lipinski definition) is 5. The molecule has 0 aromatic carbocycles. The minimum Gasteiger partial charge on any atom is -0.383 e. The number of nitrogens with zero attached hydrogens (tertiary/aromatic N) is 2. The van der Waals surface area contributed by atoms with Crippen molar-refractivity contribution in [1.29, 1.82) is 0 Å². The molecule has 0 saturated heterocycles. The first-order valence-electron chi connectivity index (χ1n) is 4.91. The lowest BCUT2D eigenvalue weighted by Gasteiger charge is -2.07. The third kappa shape index (κ3) is 4.56. The zero-order valence-electron chi connectivity index (χ0n) is 9.49. The van der Waals surface area contributed by atoms with E-state index in [1.54, 1.807) is 18.4 Å². The van der Waals surface area contributed by atoms with Crippen molar-refractivity contribution >= 4 is 17.3 Å². The van der Waals surface area contributed by atoms with Crippen LogP contribution in [0.15, 0.2) is 10.4 Å². The van der Waals surface area contributed by atoms with Crippen LogP contribution in [0.5, 0.6) is 0 Å². The summed E-state index contributed by atoms with van der Waals surface area (Å²) >= 11 is 1.61. The van der Waals surface area contributed by atoms with E-state index < -0.39 is 0 Å². The second-order valence-corrected chi connectivity index (χ2v) is 4.15. The van der Waals surface area contributed by atoms with Gasteiger partial charge in [-0.1, -0.05) is 0 Å².